The molecule has 0 saturated carbocycles. The van der Waals surface area contributed by atoms with E-state index in [-0.39, 0.29) is 12.5 Å². The molecule has 220 valence electrons. The van der Waals surface area contributed by atoms with Crippen molar-refractivity contribution in [2.24, 2.45) is 0 Å². The lowest BCUT2D eigenvalue weighted by Crippen LogP contribution is -2.26. The van der Waals surface area contributed by atoms with Gasteiger partial charge in [0.2, 0.25) is 0 Å². The highest BCUT2D eigenvalue weighted by atomic mass is 32.2. The second-order valence-electron chi connectivity index (χ2n) is 9.39. The lowest BCUT2D eigenvalue weighted by Gasteiger charge is -2.21. The average molecular weight is 591 g/mol. The van der Waals surface area contributed by atoms with E-state index in [0.717, 1.165) is 16.7 Å². The molecular formula is C32H34N2O7S. The van der Waals surface area contributed by atoms with Gasteiger partial charge in [0.15, 0.2) is 0 Å². The van der Waals surface area contributed by atoms with Crippen molar-refractivity contribution in [2.45, 2.75) is 12.7 Å². The summed E-state index contributed by atoms with van der Waals surface area (Å²) in [5, 5.41) is 13.9. The topological polar surface area (TPSA) is 118 Å². The van der Waals surface area contributed by atoms with Crippen LogP contribution in [-0.2, 0) is 22.6 Å². The number of hydrogen-bond donors (Lipinski definition) is 3. The highest BCUT2D eigenvalue weighted by Crippen LogP contribution is 2.32. The molecule has 2 unspecified atom stereocenters. The first-order valence-corrected chi connectivity index (χ1v) is 14.4. The van der Waals surface area contributed by atoms with Gasteiger partial charge in [-0.2, -0.15) is 0 Å². The zero-order valence-electron chi connectivity index (χ0n) is 23.4. The molecule has 0 saturated heterocycles. The highest BCUT2D eigenvalue weighted by molar-refractivity contribution is 7.80. The third kappa shape index (κ3) is 8.40. The fourth-order valence-corrected chi connectivity index (χ4v) is 4.50. The van der Waals surface area contributed by atoms with Crippen molar-refractivity contribution in [1.82, 2.24) is 5.32 Å². The van der Waals surface area contributed by atoms with Crippen LogP contribution >= 0.6 is 0 Å². The molecule has 0 aliphatic carbocycles. The molecule has 0 aromatic heterocycles. The molecule has 2 atom stereocenters. The summed E-state index contributed by atoms with van der Waals surface area (Å²) >= 11 is -2.26. The number of hydrogen-bond acceptors (Lipinski definition) is 7. The minimum absolute atomic E-state index is 0.263. The molecule has 10 heteroatoms. The standard InChI is InChI=1S/C32H34N2O7S/c1-34(42(37)38)29-20-27(14-17-31(29)41-22-23-6-4-3-5-7-23)30(35)21-33-18-19-40-28-15-12-25(13-16-28)24-8-10-26(11-9-24)32(36)39-2/h3-17,20,30,33,35H,18-19,21-22H2,1-2H3,(H,37,38). The summed E-state index contributed by atoms with van der Waals surface area (Å²) in [6.45, 7) is 1.46. The highest BCUT2D eigenvalue weighted by Gasteiger charge is 2.17. The zero-order chi connectivity index (χ0) is 29.9. The number of anilines is 1. The maximum Gasteiger partial charge on any atom is 0.337 e. The Bertz CT molecular complexity index is 1460. The van der Waals surface area contributed by atoms with E-state index in [2.05, 4.69) is 5.32 Å². The molecule has 3 N–H and O–H groups in total. The van der Waals surface area contributed by atoms with E-state index < -0.39 is 17.4 Å². The third-order valence-electron chi connectivity index (χ3n) is 6.56. The number of aliphatic hydroxyl groups is 1. The second kappa shape index (κ2) is 15.1. The molecule has 4 rings (SSSR count). The van der Waals surface area contributed by atoms with Gasteiger partial charge < -0.3 is 24.6 Å². The first kappa shape index (κ1) is 30.7. The van der Waals surface area contributed by atoms with Crippen LogP contribution in [0.25, 0.3) is 11.1 Å². The molecule has 0 aliphatic heterocycles. The minimum Gasteiger partial charge on any atom is -0.492 e. The molecule has 0 radical (unpaired) electrons. The molecule has 9 nitrogen and oxygen atoms in total. The maximum absolute atomic E-state index is 11.8. The molecule has 0 bridgehead atoms. The van der Waals surface area contributed by atoms with Gasteiger partial charge in [-0.05, 0) is 58.7 Å². The monoisotopic (exact) mass is 590 g/mol. The van der Waals surface area contributed by atoms with Crippen LogP contribution in [0.3, 0.4) is 0 Å². The second-order valence-corrected chi connectivity index (χ2v) is 10.4. The van der Waals surface area contributed by atoms with E-state index in [0.29, 0.717) is 48.1 Å². The quantitative estimate of drug-likeness (QED) is 0.107. The Hall–Kier alpha value is -4.22. The summed E-state index contributed by atoms with van der Waals surface area (Å²) in [5.41, 5.74) is 4.41. The van der Waals surface area contributed by atoms with Crippen LogP contribution < -0.4 is 19.1 Å². The number of benzene rings is 4. The number of esters is 1. The number of aliphatic hydroxyl groups excluding tert-OH is 1. The third-order valence-corrected chi connectivity index (χ3v) is 7.22. The number of ether oxygens (including phenoxy) is 3. The van der Waals surface area contributed by atoms with Gasteiger partial charge in [-0.3, -0.25) is 8.86 Å². The van der Waals surface area contributed by atoms with Crippen LogP contribution in [0.5, 0.6) is 11.5 Å². The van der Waals surface area contributed by atoms with E-state index in [1.165, 1.54) is 18.5 Å². The number of carbonyl (C=O) groups excluding carboxylic acids is 1. The number of nitrogens with zero attached hydrogens (tertiary/aromatic N) is 1. The summed E-state index contributed by atoms with van der Waals surface area (Å²) in [5.74, 6) is 0.776. The van der Waals surface area contributed by atoms with Crippen molar-refractivity contribution in [3.8, 4) is 22.6 Å². The number of carbonyl (C=O) groups is 1. The SMILES string of the molecule is COC(=O)c1ccc(-c2ccc(OCCNCC(O)c3ccc(OCc4ccccc4)c(N(C)S(=O)O)c3)cc2)cc1. The Morgan fingerprint density at radius 2 is 1.60 bits per heavy atom. The Morgan fingerprint density at radius 3 is 2.24 bits per heavy atom. The molecule has 0 heterocycles. The van der Waals surface area contributed by atoms with Gasteiger partial charge in [0.25, 0.3) is 11.3 Å². The smallest absolute Gasteiger partial charge is 0.337 e. The van der Waals surface area contributed by atoms with E-state index in [1.807, 2.05) is 66.7 Å². The summed E-state index contributed by atoms with van der Waals surface area (Å²) < 4.78 is 39.1. The summed E-state index contributed by atoms with van der Waals surface area (Å²) in [6, 6.07) is 29.6. The van der Waals surface area contributed by atoms with Crippen LogP contribution in [-0.4, -0.2) is 53.7 Å². The van der Waals surface area contributed by atoms with Crippen LogP contribution in [0, 0.1) is 0 Å². The summed E-state index contributed by atoms with van der Waals surface area (Å²) in [6.07, 6.45) is -0.850. The molecular weight excluding hydrogens is 556 g/mol. The van der Waals surface area contributed by atoms with Gasteiger partial charge in [0.1, 0.15) is 24.7 Å². The molecule has 42 heavy (non-hydrogen) atoms. The normalized spacial score (nSPS) is 12.3. The van der Waals surface area contributed by atoms with Gasteiger partial charge in [-0.25, -0.2) is 9.00 Å². The van der Waals surface area contributed by atoms with Gasteiger partial charge in [-0.15, -0.1) is 0 Å². The fraction of sp³-hybridized carbons (Fsp3) is 0.219. The van der Waals surface area contributed by atoms with Gasteiger partial charge in [-0.1, -0.05) is 60.7 Å². The molecule has 0 fully saturated rings. The van der Waals surface area contributed by atoms with Crippen LogP contribution in [0.4, 0.5) is 5.69 Å². The Morgan fingerprint density at radius 1 is 0.929 bits per heavy atom. The van der Waals surface area contributed by atoms with Crippen molar-refractivity contribution in [1.29, 1.82) is 0 Å². The lowest BCUT2D eigenvalue weighted by atomic mass is 10.0. The minimum atomic E-state index is -2.26. The van der Waals surface area contributed by atoms with E-state index in [9.17, 15) is 18.7 Å². The molecule has 4 aromatic carbocycles. The Labute approximate surface area is 248 Å². The van der Waals surface area contributed by atoms with Crippen LogP contribution in [0.15, 0.2) is 97.1 Å². The van der Waals surface area contributed by atoms with E-state index in [4.69, 9.17) is 14.2 Å². The Balaban J connectivity index is 1.26. The van der Waals surface area contributed by atoms with E-state index in [1.54, 1.807) is 30.3 Å². The van der Waals surface area contributed by atoms with Crippen molar-refractivity contribution >= 4 is 22.9 Å². The molecule has 4 aromatic rings. The van der Waals surface area contributed by atoms with Gasteiger partial charge in [0, 0.05) is 20.1 Å². The van der Waals surface area contributed by atoms with Crippen LogP contribution in [0.1, 0.15) is 27.6 Å². The van der Waals surface area contributed by atoms with E-state index >= 15 is 0 Å². The van der Waals surface area contributed by atoms with Crippen molar-refractivity contribution in [2.75, 3.05) is 38.2 Å². The predicted molar refractivity (Wildman–Crippen MR) is 163 cm³/mol. The number of nitrogens with one attached hydrogen (secondary N) is 1. The van der Waals surface area contributed by atoms with Gasteiger partial charge in [0.05, 0.1) is 24.5 Å². The molecule has 0 amide bonds. The van der Waals surface area contributed by atoms with Gasteiger partial charge >= 0.3 is 5.97 Å². The first-order valence-electron chi connectivity index (χ1n) is 13.3. The summed E-state index contributed by atoms with van der Waals surface area (Å²) in [4.78, 5) is 11.6. The molecule has 0 aliphatic rings. The lowest BCUT2D eigenvalue weighted by molar-refractivity contribution is 0.0600. The average Bonchev–Trinajstić information content (AvgIpc) is 3.03. The zero-order valence-corrected chi connectivity index (χ0v) is 24.3. The van der Waals surface area contributed by atoms with Crippen LogP contribution in [0.2, 0.25) is 0 Å². The van der Waals surface area contributed by atoms with Crippen molar-refractivity contribution in [3.05, 3.63) is 114 Å². The summed E-state index contributed by atoms with van der Waals surface area (Å²) in [7, 11) is 2.84. The maximum atomic E-state index is 11.8. The predicted octanol–water partition coefficient (Wildman–Crippen LogP) is 4.99. The fourth-order valence-electron chi connectivity index (χ4n) is 4.19. The van der Waals surface area contributed by atoms with Crippen molar-refractivity contribution in [3.63, 3.8) is 0 Å². The Kier molecular flexibility index (Phi) is 11.1. The largest absolute Gasteiger partial charge is 0.492 e. The number of methoxy groups -OCH3 is 1. The van der Waals surface area contributed by atoms with Crippen molar-refractivity contribution < 1.29 is 32.9 Å². The first-order chi connectivity index (χ1) is 20.4. The number of rotatable bonds is 14. The molecule has 0 spiro atoms.